The number of hydrogen-bond donors (Lipinski definition) is 8. The zero-order valence-corrected chi connectivity index (χ0v) is 24.0. The molecule has 0 aliphatic heterocycles. The van der Waals surface area contributed by atoms with Crippen LogP contribution >= 0.6 is 0 Å². The topological polar surface area (TPSA) is 233 Å². The molecule has 0 aliphatic rings. The van der Waals surface area contributed by atoms with Crippen LogP contribution in [0.2, 0.25) is 0 Å². The maximum absolute atomic E-state index is 13.6. The Labute approximate surface area is 245 Å². The van der Waals surface area contributed by atoms with Gasteiger partial charge in [0.05, 0.1) is 0 Å². The summed E-state index contributed by atoms with van der Waals surface area (Å²) in [6.45, 7) is 0.310. The molecule has 4 amide bonds. The summed E-state index contributed by atoms with van der Waals surface area (Å²) in [6, 6.07) is 14.0. The Balaban J connectivity index is 2.25. The van der Waals surface area contributed by atoms with Gasteiger partial charge in [-0.15, -0.1) is 0 Å². The summed E-state index contributed by atoms with van der Waals surface area (Å²) in [6.07, 6.45) is 1.30. The molecule has 13 heteroatoms. The van der Waals surface area contributed by atoms with E-state index < -0.39 is 41.6 Å². The third kappa shape index (κ3) is 10.9. The molecule has 0 spiro atoms. The van der Waals surface area contributed by atoms with Crippen LogP contribution in [0, 0.1) is 16.7 Å². The average Bonchev–Trinajstić information content (AvgIpc) is 2.95. The van der Waals surface area contributed by atoms with E-state index in [4.69, 9.17) is 28.0 Å². The number of carbonyl (C=O) groups excluding carboxylic acids is 4. The summed E-state index contributed by atoms with van der Waals surface area (Å²) in [4.78, 5) is 53.5. The van der Waals surface area contributed by atoms with Gasteiger partial charge in [-0.3, -0.25) is 30.0 Å². The normalized spacial score (nSPS) is 12.7. The van der Waals surface area contributed by atoms with Gasteiger partial charge in [0.15, 0.2) is 5.96 Å². The fraction of sp³-hybridized carbons (Fsp3) is 0.379. The molecule has 0 heterocycles. The van der Waals surface area contributed by atoms with E-state index in [1.54, 1.807) is 38.4 Å². The highest BCUT2D eigenvalue weighted by atomic mass is 16.2. The smallest absolute Gasteiger partial charge is 0.243 e. The molecule has 0 fully saturated rings. The number of hydrogen-bond acceptors (Lipinski definition) is 6. The molecular formula is C29H41N9O4. The van der Waals surface area contributed by atoms with Crippen LogP contribution in [0.15, 0.2) is 54.6 Å². The van der Waals surface area contributed by atoms with E-state index in [1.165, 1.54) is 4.90 Å². The van der Waals surface area contributed by atoms with Gasteiger partial charge < -0.3 is 38.1 Å². The van der Waals surface area contributed by atoms with Gasteiger partial charge in [-0.2, -0.15) is 0 Å². The van der Waals surface area contributed by atoms with Crippen LogP contribution in [-0.4, -0.2) is 73.0 Å². The number of amidine groups is 1. The molecule has 1 unspecified atom stereocenters. The van der Waals surface area contributed by atoms with Crippen LogP contribution in [0.3, 0.4) is 0 Å². The summed E-state index contributed by atoms with van der Waals surface area (Å²) >= 11 is 0. The maximum Gasteiger partial charge on any atom is 0.243 e. The van der Waals surface area contributed by atoms with Crippen molar-refractivity contribution in [2.45, 2.75) is 44.2 Å². The molecule has 11 N–H and O–H groups in total. The minimum Gasteiger partial charge on any atom is -0.384 e. The van der Waals surface area contributed by atoms with Crippen molar-refractivity contribution in [1.82, 2.24) is 20.9 Å². The van der Waals surface area contributed by atoms with Crippen molar-refractivity contribution in [3.8, 4) is 0 Å². The second kappa shape index (κ2) is 16.4. The van der Waals surface area contributed by atoms with Crippen molar-refractivity contribution in [2.75, 3.05) is 20.6 Å². The van der Waals surface area contributed by atoms with E-state index in [2.05, 4.69) is 16.0 Å². The molecule has 3 atom stereocenters. The summed E-state index contributed by atoms with van der Waals surface area (Å²) < 4.78 is 0. The first-order valence-corrected chi connectivity index (χ1v) is 13.6. The number of nitrogens with one attached hydrogen (secondary N) is 5. The Kier molecular flexibility index (Phi) is 13.0. The first-order chi connectivity index (χ1) is 19.9. The number of rotatable bonds is 16. The van der Waals surface area contributed by atoms with Gasteiger partial charge in [0, 0.05) is 26.2 Å². The predicted molar refractivity (Wildman–Crippen MR) is 160 cm³/mol. The number of benzene rings is 2. The maximum atomic E-state index is 13.6. The quantitative estimate of drug-likeness (QED) is 0.0565. The lowest BCUT2D eigenvalue weighted by molar-refractivity contribution is -0.142. The Morgan fingerprint density at radius 3 is 1.98 bits per heavy atom. The molecule has 2 aromatic rings. The highest BCUT2D eigenvalue weighted by Crippen LogP contribution is 2.15. The van der Waals surface area contributed by atoms with Gasteiger partial charge in [-0.05, 0) is 43.2 Å². The summed E-state index contributed by atoms with van der Waals surface area (Å²) in [5.41, 5.74) is 18.5. The third-order valence-electron chi connectivity index (χ3n) is 6.60. The number of aryl methyl sites for hydroxylation is 1. The fourth-order valence-electron chi connectivity index (χ4n) is 4.24. The summed E-state index contributed by atoms with van der Waals surface area (Å²) in [5.74, 6) is -3.89. The Hall–Kier alpha value is -4.94. The van der Waals surface area contributed by atoms with E-state index in [1.807, 2.05) is 30.3 Å². The van der Waals surface area contributed by atoms with Crippen molar-refractivity contribution in [2.24, 2.45) is 23.1 Å². The van der Waals surface area contributed by atoms with Gasteiger partial charge in [0.2, 0.25) is 23.6 Å². The number of nitrogens with zero attached hydrogens (tertiary/aromatic N) is 1. The van der Waals surface area contributed by atoms with Crippen molar-refractivity contribution < 1.29 is 19.2 Å². The van der Waals surface area contributed by atoms with Gasteiger partial charge in [0.25, 0.3) is 0 Å². The second-order valence-corrected chi connectivity index (χ2v) is 10.1. The number of primary amides is 1. The van der Waals surface area contributed by atoms with Crippen LogP contribution in [0.1, 0.15) is 36.0 Å². The minimum absolute atomic E-state index is 0.0567. The van der Waals surface area contributed by atoms with Crippen LogP contribution < -0.4 is 33.2 Å². The molecule has 2 aromatic carbocycles. The lowest BCUT2D eigenvalue weighted by Crippen LogP contribution is -2.55. The van der Waals surface area contributed by atoms with E-state index >= 15 is 0 Å². The first kappa shape index (κ1) is 33.3. The van der Waals surface area contributed by atoms with Gasteiger partial charge in [0.1, 0.15) is 23.8 Å². The zero-order chi connectivity index (χ0) is 31.2. The summed E-state index contributed by atoms with van der Waals surface area (Å²) in [5, 5.41) is 22.8. The van der Waals surface area contributed by atoms with Crippen LogP contribution in [-0.2, 0) is 32.0 Å². The molecule has 0 saturated heterocycles. The highest BCUT2D eigenvalue weighted by molar-refractivity contribution is 6.02. The second-order valence-electron chi connectivity index (χ2n) is 10.1. The monoisotopic (exact) mass is 579 g/mol. The first-order valence-electron chi connectivity index (χ1n) is 13.6. The van der Waals surface area contributed by atoms with Crippen LogP contribution in [0.25, 0.3) is 0 Å². The van der Waals surface area contributed by atoms with Gasteiger partial charge in [-0.25, -0.2) is 0 Å². The van der Waals surface area contributed by atoms with Crippen molar-refractivity contribution in [3.05, 3.63) is 71.3 Å². The molecule has 0 aliphatic carbocycles. The van der Waals surface area contributed by atoms with Crippen LogP contribution in [0.5, 0.6) is 0 Å². The number of nitrogens with two attached hydrogens (primary N) is 3. The number of carbonyl (C=O) groups is 4. The Morgan fingerprint density at radius 1 is 0.810 bits per heavy atom. The van der Waals surface area contributed by atoms with E-state index in [0.717, 1.165) is 5.56 Å². The molecule has 13 nitrogen and oxygen atoms in total. The van der Waals surface area contributed by atoms with E-state index in [9.17, 15) is 19.2 Å². The largest absolute Gasteiger partial charge is 0.384 e. The zero-order valence-electron chi connectivity index (χ0n) is 24.0. The lowest BCUT2D eigenvalue weighted by Gasteiger charge is -2.25. The predicted octanol–water partition coefficient (Wildman–Crippen LogP) is -0.431. The van der Waals surface area contributed by atoms with E-state index in [-0.39, 0.29) is 31.1 Å². The molecule has 42 heavy (non-hydrogen) atoms. The number of amides is 4. The van der Waals surface area contributed by atoms with Gasteiger partial charge in [-0.1, -0.05) is 54.6 Å². The van der Waals surface area contributed by atoms with Crippen molar-refractivity contribution in [3.63, 3.8) is 0 Å². The minimum atomic E-state index is -1.14. The average molecular weight is 580 g/mol. The molecule has 0 aromatic heterocycles. The van der Waals surface area contributed by atoms with Crippen molar-refractivity contribution >= 4 is 35.4 Å². The molecular weight excluding hydrogens is 538 g/mol. The lowest BCUT2D eigenvalue weighted by atomic mass is 9.95. The van der Waals surface area contributed by atoms with Crippen molar-refractivity contribution in [1.29, 1.82) is 10.8 Å². The molecule has 0 radical (unpaired) electrons. The molecule has 2 rings (SSSR count). The highest BCUT2D eigenvalue weighted by Gasteiger charge is 2.32. The molecule has 226 valence electrons. The van der Waals surface area contributed by atoms with Gasteiger partial charge >= 0.3 is 0 Å². The number of guanidine groups is 1. The number of nitrogen functional groups attached to an aromatic ring is 1. The fourth-order valence-corrected chi connectivity index (χ4v) is 4.24. The molecule has 0 saturated carbocycles. The summed E-state index contributed by atoms with van der Waals surface area (Å²) in [7, 11) is 3.08. The standard InChI is InChI=1S/C29H41N9O4/c1-38(2)28(42)21(17-19-10-13-20(14-11-19)24(30)31)26(40)37-23(15-12-18-7-4-3-5-8-18)27(41)36-22(25(32)39)9-6-16-35-29(33)34/h3-5,7-8,10-11,13-14,21-23H,6,9,12,15-17H2,1-2H3,(H3,30,31)(H2,32,39)(H,36,41)(H,37,40)(H4,33,34,35)/t21?,22-,23-/m0/s1. The third-order valence-corrected chi connectivity index (χ3v) is 6.60. The Bertz CT molecular complexity index is 1250. The van der Waals surface area contributed by atoms with E-state index in [0.29, 0.717) is 30.5 Å². The SMILES string of the molecule is CN(C)C(=O)C(Cc1ccc(C(=N)N)cc1)C(=O)N[C@@H](CCc1ccccc1)C(=O)N[C@@H](CCCNC(=N)N)C(N)=O. The molecule has 0 bridgehead atoms. The Morgan fingerprint density at radius 2 is 1.43 bits per heavy atom. The van der Waals surface area contributed by atoms with Crippen LogP contribution in [0.4, 0.5) is 0 Å².